The zero-order valence-corrected chi connectivity index (χ0v) is 29.3. The number of carboxylic acids is 1. The Labute approximate surface area is 299 Å². The average Bonchev–Trinajstić information content (AvgIpc) is 3.68. The van der Waals surface area contributed by atoms with Gasteiger partial charge in [-0.25, -0.2) is 14.5 Å². The molecular formula is C28H27N9O11S3. The lowest BCUT2D eigenvalue weighted by molar-refractivity contribution is -0.151. The van der Waals surface area contributed by atoms with Crippen LogP contribution in [0.15, 0.2) is 33.9 Å². The van der Waals surface area contributed by atoms with Gasteiger partial charge in [0, 0.05) is 50.3 Å². The number of carbonyl (C=O) groups is 7. The van der Waals surface area contributed by atoms with Crippen molar-refractivity contribution in [2.24, 2.45) is 7.05 Å². The minimum atomic E-state index is -1.55. The van der Waals surface area contributed by atoms with Gasteiger partial charge in [0.15, 0.2) is 22.7 Å². The lowest BCUT2D eigenvalue weighted by atomic mass is 10.0. The molecule has 1 unspecified atom stereocenters. The third-order valence-electron chi connectivity index (χ3n) is 6.91. The van der Waals surface area contributed by atoms with E-state index < -0.39 is 76.3 Å². The summed E-state index contributed by atoms with van der Waals surface area (Å²) in [5.41, 5.74) is 5.75. The summed E-state index contributed by atoms with van der Waals surface area (Å²) in [7, 11) is 1.63. The Bertz CT molecular complexity index is 1960. The number of amides is 3. The van der Waals surface area contributed by atoms with Crippen LogP contribution < -0.4 is 30.6 Å². The van der Waals surface area contributed by atoms with Crippen LogP contribution in [0.25, 0.3) is 0 Å². The number of esters is 3. The molecule has 0 radical (unpaired) electrons. The molecule has 0 saturated carbocycles. The van der Waals surface area contributed by atoms with Gasteiger partial charge < -0.3 is 35.7 Å². The first kappa shape index (κ1) is 36.7. The maximum Gasteiger partial charge on any atom is 0.352 e. The molecule has 2 aliphatic heterocycles. The van der Waals surface area contributed by atoms with E-state index in [2.05, 4.69) is 31.1 Å². The summed E-state index contributed by atoms with van der Waals surface area (Å²) in [6, 6.07) is -0.673. The number of ether oxygens (including phenoxy) is 3. The summed E-state index contributed by atoms with van der Waals surface area (Å²) in [6.45, 7) is 3.14. The molecule has 3 amide bonds. The van der Waals surface area contributed by atoms with Crippen molar-refractivity contribution in [2.45, 2.75) is 43.4 Å². The van der Waals surface area contributed by atoms with Crippen molar-refractivity contribution in [3.8, 4) is 17.2 Å². The molecule has 3 aromatic rings. The minimum absolute atomic E-state index is 0.00363. The van der Waals surface area contributed by atoms with E-state index in [-0.39, 0.29) is 33.6 Å². The molecule has 5 N–H and O–H groups in total. The highest BCUT2D eigenvalue weighted by Crippen LogP contribution is 2.42. The van der Waals surface area contributed by atoms with Crippen LogP contribution in [0.5, 0.6) is 17.2 Å². The normalized spacial score (nSPS) is 17.1. The van der Waals surface area contributed by atoms with Crippen molar-refractivity contribution < 1.29 is 52.9 Å². The maximum atomic E-state index is 13.8. The molecule has 0 spiro atoms. The van der Waals surface area contributed by atoms with Crippen LogP contribution in [0.4, 0.5) is 5.13 Å². The zero-order valence-electron chi connectivity index (χ0n) is 26.9. The Morgan fingerprint density at radius 1 is 1.08 bits per heavy atom. The molecule has 0 bridgehead atoms. The first-order chi connectivity index (χ1) is 24.1. The molecule has 4 heterocycles. The fourth-order valence-corrected chi connectivity index (χ4v) is 7.78. The van der Waals surface area contributed by atoms with Gasteiger partial charge in [-0.2, -0.15) is 0 Å². The highest BCUT2D eigenvalue weighted by molar-refractivity contribution is 8.01. The lowest BCUT2D eigenvalue weighted by Gasteiger charge is -2.49. The van der Waals surface area contributed by atoms with E-state index in [1.807, 2.05) is 0 Å². The summed E-state index contributed by atoms with van der Waals surface area (Å²) >= 11 is 3.40. The van der Waals surface area contributed by atoms with Gasteiger partial charge in [0.25, 0.3) is 11.8 Å². The van der Waals surface area contributed by atoms with Crippen LogP contribution in [0.2, 0.25) is 0 Å². The summed E-state index contributed by atoms with van der Waals surface area (Å²) in [6.07, 6.45) is 0. The molecule has 1 fully saturated rings. The SMILES string of the molecule is CC(=O)Oc1cc(C(=O)NC(C(=O)N[C@@H]2C(=O)N3C(C(=O)O)=C(CSc4nnnn4C)CS[C@@H]23)c2csc(N)n2)cc(OC(C)=O)c1OC(C)=O. The highest BCUT2D eigenvalue weighted by Gasteiger charge is 2.54. The predicted molar refractivity (Wildman–Crippen MR) is 176 cm³/mol. The van der Waals surface area contributed by atoms with Crippen molar-refractivity contribution in [3.05, 3.63) is 40.0 Å². The molecule has 23 heteroatoms. The molecule has 20 nitrogen and oxygen atoms in total. The van der Waals surface area contributed by atoms with Crippen LogP contribution >= 0.6 is 34.9 Å². The number of tetrazole rings is 1. The predicted octanol–water partition coefficient (Wildman–Crippen LogP) is 0.0267. The number of β-lactam (4-membered cyclic amide) rings is 1. The number of nitrogens with zero attached hydrogens (tertiary/aromatic N) is 6. The van der Waals surface area contributed by atoms with E-state index in [0.717, 1.165) is 49.1 Å². The van der Waals surface area contributed by atoms with Gasteiger partial charge in [0.05, 0.1) is 5.69 Å². The highest BCUT2D eigenvalue weighted by atomic mass is 32.2. The number of nitrogen functional groups attached to an aromatic ring is 1. The van der Waals surface area contributed by atoms with Gasteiger partial charge in [0.2, 0.25) is 16.8 Å². The first-order valence-electron chi connectivity index (χ1n) is 14.4. The van der Waals surface area contributed by atoms with Gasteiger partial charge in [-0.1, -0.05) is 11.8 Å². The second-order valence-corrected chi connectivity index (χ2v) is 13.6. The lowest BCUT2D eigenvalue weighted by Crippen LogP contribution is -2.71. The number of aryl methyl sites for hydroxylation is 1. The van der Waals surface area contributed by atoms with E-state index in [0.29, 0.717) is 10.7 Å². The second kappa shape index (κ2) is 15.1. The third-order valence-corrected chi connectivity index (χ3v) is 10.0. The number of anilines is 1. The van der Waals surface area contributed by atoms with E-state index in [1.165, 1.54) is 33.6 Å². The Morgan fingerprint density at radius 3 is 2.25 bits per heavy atom. The monoisotopic (exact) mass is 761 g/mol. The summed E-state index contributed by atoms with van der Waals surface area (Å²) in [4.78, 5) is 93.7. The molecular weight excluding hydrogens is 735 g/mol. The summed E-state index contributed by atoms with van der Waals surface area (Å²) < 4.78 is 16.7. The number of nitrogens with two attached hydrogens (primary N) is 1. The number of thioether (sulfide) groups is 2. The molecule has 2 aromatic heterocycles. The molecule has 1 aromatic carbocycles. The standard InChI is InChI=1S/C28H27N9O11S3/c1-10(38)46-16-5-13(6-17(47-11(2)39)21(16)48-12(3)40)22(41)31-18(15-9-50-27(29)30-15)23(42)32-19-24(43)37-20(26(44)45)14(7-49-25(19)37)8-51-28-33-34-35-36(28)4/h5-6,9,18-19,25H,7-8H2,1-4H3,(H2,29,30)(H,31,41)(H,32,42)(H,44,45)/t18?,19-,25+/m1/s1. The van der Waals surface area contributed by atoms with Crippen LogP contribution in [-0.4, -0.2) is 99.7 Å². The van der Waals surface area contributed by atoms with Crippen LogP contribution in [0, 0.1) is 0 Å². The zero-order chi connectivity index (χ0) is 37.1. The van der Waals surface area contributed by atoms with Crippen LogP contribution in [-0.2, 0) is 35.8 Å². The quantitative estimate of drug-likeness (QED) is 0.0820. The minimum Gasteiger partial charge on any atom is -0.477 e. The van der Waals surface area contributed by atoms with E-state index in [1.54, 1.807) is 7.05 Å². The van der Waals surface area contributed by atoms with Crippen molar-refractivity contribution in [2.75, 3.05) is 17.2 Å². The fraction of sp³-hybridized carbons (Fsp3) is 0.321. The van der Waals surface area contributed by atoms with Crippen molar-refractivity contribution in [1.29, 1.82) is 0 Å². The first-order valence-corrected chi connectivity index (χ1v) is 17.4. The van der Waals surface area contributed by atoms with Crippen LogP contribution in [0.1, 0.15) is 42.9 Å². The third kappa shape index (κ3) is 8.10. The Morgan fingerprint density at radius 2 is 1.73 bits per heavy atom. The van der Waals surface area contributed by atoms with Gasteiger partial charge >= 0.3 is 23.9 Å². The summed E-state index contributed by atoms with van der Waals surface area (Å²) in [5.74, 6) is -7.37. The largest absolute Gasteiger partial charge is 0.477 e. The molecule has 1 saturated heterocycles. The molecule has 5 rings (SSSR count). The van der Waals surface area contributed by atoms with E-state index in [4.69, 9.17) is 19.9 Å². The number of thiazole rings is 1. The topological polar surface area (TPSA) is 277 Å². The number of aromatic nitrogens is 5. The van der Waals surface area contributed by atoms with Crippen LogP contribution in [0.3, 0.4) is 0 Å². The maximum absolute atomic E-state index is 13.8. The Hall–Kier alpha value is -5.55. The second-order valence-electron chi connectivity index (χ2n) is 10.6. The van der Waals surface area contributed by atoms with E-state index in [9.17, 15) is 38.7 Å². The molecule has 0 aliphatic carbocycles. The smallest absolute Gasteiger partial charge is 0.352 e. The Kier molecular flexibility index (Phi) is 10.9. The van der Waals surface area contributed by atoms with Gasteiger partial charge in [-0.05, 0) is 28.1 Å². The number of carboxylic acid groups (broad SMARTS) is 1. The molecule has 3 atom stereocenters. The summed E-state index contributed by atoms with van der Waals surface area (Å²) in [5, 5.41) is 27.4. The number of fused-ring (bicyclic) bond motifs is 1. The molecule has 268 valence electrons. The van der Waals surface area contributed by atoms with Gasteiger partial charge in [-0.3, -0.25) is 33.7 Å². The number of benzene rings is 1. The number of hydrogen-bond donors (Lipinski definition) is 4. The van der Waals surface area contributed by atoms with Crippen molar-refractivity contribution in [3.63, 3.8) is 0 Å². The number of rotatable bonds is 12. The number of aliphatic carboxylic acids is 1. The van der Waals surface area contributed by atoms with Crippen molar-refractivity contribution >= 4 is 81.6 Å². The van der Waals surface area contributed by atoms with E-state index >= 15 is 0 Å². The Balaban J connectivity index is 1.39. The fourth-order valence-electron chi connectivity index (χ4n) is 4.86. The molecule has 51 heavy (non-hydrogen) atoms. The number of nitrogens with one attached hydrogen (secondary N) is 2. The molecule has 2 aliphatic rings. The van der Waals surface area contributed by atoms with Crippen molar-refractivity contribution in [1.82, 2.24) is 40.7 Å². The number of hydrogen-bond acceptors (Lipinski definition) is 18. The average molecular weight is 762 g/mol. The van der Waals surface area contributed by atoms with Gasteiger partial charge in [-0.15, -0.1) is 28.2 Å². The van der Waals surface area contributed by atoms with Gasteiger partial charge in [0.1, 0.15) is 17.1 Å². The number of carbonyl (C=O) groups excluding carboxylic acids is 6.